The van der Waals surface area contributed by atoms with Crippen molar-refractivity contribution in [1.82, 2.24) is 5.32 Å². The molecule has 0 radical (unpaired) electrons. The van der Waals surface area contributed by atoms with Gasteiger partial charge in [0.15, 0.2) is 0 Å². The Balaban J connectivity index is 1.85. The number of nitrogens with zero attached hydrogens (tertiary/aromatic N) is 1. The van der Waals surface area contributed by atoms with Gasteiger partial charge in [-0.2, -0.15) is 0 Å². The number of benzene rings is 2. The molecule has 5 nitrogen and oxygen atoms in total. The molecular weight excluding hydrogens is 408 g/mol. The van der Waals surface area contributed by atoms with Gasteiger partial charge in [0, 0.05) is 7.05 Å². The first kappa shape index (κ1) is 21.7. The van der Waals surface area contributed by atoms with E-state index in [0.29, 0.717) is 5.69 Å². The molecule has 1 amide bonds. The lowest BCUT2D eigenvalue weighted by Gasteiger charge is -2.22. The Hall–Kier alpha value is -2.05. The summed E-state index contributed by atoms with van der Waals surface area (Å²) in [5.74, 6) is -0.316. The second kappa shape index (κ2) is 8.76. The Morgan fingerprint density at radius 2 is 1.83 bits per heavy atom. The van der Waals surface area contributed by atoms with Gasteiger partial charge in [0.2, 0.25) is 10.0 Å². The number of carbonyl (C=O) groups is 1. The van der Waals surface area contributed by atoms with Crippen LogP contribution in [0.5, 0.6) is 0 Å². The Morgan fingerprint density at radius 1 is 1.14 bits per heavy atom. The molecule has 7 heteroatoms. The van der Waals surface area contributed by atoms with Crippen LogP contribution in [0, 0.1) is 0 Å². The molecule has 1 N–H and O–H groups in total. The van der Waals surface area contributed by atoms with Gasteiger partial charge in [0.1, 0.15) is 0 Å². The van der Waals surface area contributed by atoms with E-state index in [0.717, 1.165) is 35.4 Å². The van der Waals surface area contributed by atoms with Crippen LogP contribution in [0.4, 0.5) is 5.69 Å². The highest BCUT2D eigenvalue weighted by Gasteiger charge is 2.20. The van der Waals surface area contributed by atoms with Crippen molar-refractivity contribution < 1.29 is 13.2 Å². The smallest absolute Gasteiger partial charge is 0.253 e. The van der Waals surface area contributed by atoms with E-state index in [1.807, 2.05) is 6.92 Å². The molecule has 1 aliphatic carbocycles. The number of carbonyl (C=O) groups excluding carboxylic acids is 1. The van der Waals surface area contributed by atoms with Gasteiger partial charge in [-0.3, -0.25) is 9.10 Å². The summed E-state index contributed by atoms with van der Waals surface area (Å²) in [5.41, 5.74) is 4.51. The molecule has 3 rings (SSSR count). The maximum Gasteiger partial charge on any atom is 0.253 e. The lowest BCUT2D eigenvalue weighted by molar-refractivity contribution is 0.0935. The van der Waals surface area contributed by atoms with E-state index in [9.17, 15) is 13.2 Å². The first-order valence-corrected chi connectivity index (χ1v) is 12.1. The molecule has 0 spiro atoms. The normalized spacial score (nSPS) is 14.8. The van der Waals surface area contributed by atoms with E-state index >= 15 is 0 Å². The number of hydrogen-bond acceptors (Lipinski definition) is 3. The number of halogens is 1. The highest BCUT2D eigenvalue weighted by molar-refractivity contribution is 7.92. The van der Waals surface area contributed by atoms with Gasteiger partial charge in [-0.15, -0.1) is 0 Å². The Morgan fingerprint density at radius 3 is 2.48 bits per heavy atom. The van der Waals surface area contributed by atoms with E-state index < -0.39 is 10.0 Å². The summed E-state index contributed by atoms with van der Waals surface area (Å²) in [4.78, 5) is 13.0. The average molecular weight is 435 g/mol. The zero-order valence-corrected chi connectivity index (χ0v) is 18.6. The van der Waals surface area contributed by atoms with Gasteiger partial charge in [-0.1, -0.05) is 36.7 Å². The maximum atomic E-state index is 13.0. The van der Waals surface area contributed by atoms with Crippen LogP contribution in [-0.2, 0) is 22.9 Å². The van der Waals surface area contributed by atoms with E-state index in [1.54, 1.807) is 12.1 Å². The molecule has 0 heterocycles. The Bertz CT molecular complexity index is 1020. The molecule has 1 unspecified atom stereocenters. The summed E-state index contributed by atoms with van der Waals surface area (Å²) < 4.78 is 24.8. The van der Waals surface area contributed by atoms with Crippen molar-refractivity contribution in [2.75, 3.05) is 17.6 Å². The molecule has 29 heavy (non-hydrogen) atoms. The second-order valence-corrected chi connectivity index (χ2v) is 9.99. The molecule has 156 valence electrons. The lowest BCUT2D eigenvalue weighted by Crippen LogP contribution is -2.29. The third kappa shape index (κ3) is 4.93. The molecule has 0 saturated carbocycles. The number of anilines is 1. The van der Waals surface area contributed by atoms with E-state index in [-0.39, 0.29) is 22.5 Å². The molecule has 0 fully saturated rings. The van der Waals surface area contributed by atoms with Crippen LogP contribution in [-0.4, -0.2) is 27.6 Å². The minimum Gasteiger partial charge on any atom is -0.345 e. The molecule has 0 saturated heterocycles. The van der Waals surface area contributed by atoms with E-state index in [2.05, 4.69) is 23.5 Å². The van der Waals surface area contributed by atoms with Crippen molar-refractivity contribution in [2.24, 2.45) is 0 Å². The van der Waals surface area contributed by atoms with Crippen molar-refractivity contribution in [3.05, 3.63) is 63.7 Å². The number of fused-ring (bicyclic) bond motifs is 1. The number of rotatable bonds is 6. The molecule has 1 atom stereocenters. The SMILES string of the molecule is CCC(NC(=O)c1cc(N(C)S(C)(=O)=O)ccc1Cl)c1ccc2c(c1)CCCC2. The predicted octanol–water partition coefficient (Wildman–Crippen LogP) is 4.50. The first-order valence-electron chi connectivity index (χ1n) is 9.86. The van der Waals surface area contributed by atoms with Crippen LogP contribution in [0.1, 0.15) is 59.3 Å². The van der Waals surface area contributed by atoms with Crippen LogP contribution < -0.4 is 9.62 Å². The summed E-state index contributed by atoms with van der Waals surface area (Å²) in [6, 6.07) is 11.0. The van der Waals surface area contributed by atoms with Gasteiger partial charge in [0.25, 0.3) is 5.91 Å². The largest absolute Gasteiger partial charge is 0.345 e. The highest BCUT2D eigenvalue weighted by atomic mass is 35.5. The van der Waals surface area contributed by atoms with Gasteiger partial charge >= 0.3 is 0 Å². The number of amides is 1. The minimum absolute atomic E-state index is 0.137. The van der Waals surface area contributed by atoms with E-state index in [4.69, 9.17) is 11.6 Å². The number of nitrogens with one attached hydrogen (secondary N) is 1. The lowest BCUT2D eigenvalue weighted by atomic mass is 9.88. The van der Waals surface area contributed by atoms with Gasteiger partial charge < -0.3 is 5.32 Å². The zero-order chi connectivity index (χ0) is 21.2. The van der Waals surface area contributed by atoms with Gasteiger partial charge in [0.05, 0.1) is 28.6 Å². The van der Waals surface area contributed by atoms with Crippen LogP contribution in [0.15, 0.2) is 36.4 Å². The third-order valence-electron chi connectivity index (χ3n) is 5.54. The highest BCUT2D eigenvalue weighted by Crippen LogP contribution is 2.28. The molecule has 0 aliphatic heterocycles. The topological polar surface area (TPSA) is 66.5 Å². The van der Waals surface area contributed by atoms with Crippen LogP contribution in [0.25, 0.3) is 0 Å². The fourth-order valence-electron chi connectivity index (χ4n) is 3.70. The molecule has 0 bridgehead atoms. The van der Waals surface area contributed by atoms with Crippen molar-refractivity contribution in [1.29, 1.82) is 0 Å². The van der Waals surface area contributed by atoms with Gasteiger partial charge in [-0.25, -0.2) is 8.42 Å². The Labute approximate surface area is 178 Å². The first-order chi connectivity index (χ1) is 13.7. The minimum atomic E-state index is -3.43. The van der Waals surface area contributed by atoms with Crippen molar-refractivity contribution in [2.45, 2.75) is 45.1 Å². The predicted molar refractivity (Wildman–Crippen MR) is 118 cm³/mol. The van der Waals surface area contributed by atoms with Crippen molar-refractivity contribution >= 4 is 33.2 Å². The van der Waals surface area contributed by atoms with Crippen LogP contribution >= 0.6 is 11.6 Å². The summed E-state index contributed by atoms with van der Waals surface area (Å²) >= 11 is 6.25. The molecular formula is C22H27ClN2O3S. The zero-order valence-electron chi connectivity index (χ0n) is 17.0. The number of aryl methyl sites for hydroxylation is 2. The summed E-state index contributed by atoms with van der Waals surface area (Å²) in [6.45, 7) is 2.03. The molecule has 0 aromatic heterocycles. The summed E-state index contributed by atoms with van der Waals surface area (Å²) in [7, 11) is -1.99. The fraction of sp³-hybridized carbons (Fsp3) is 0.409. The maximum absolute atomic E-state index is 13.0. The van der Waals surface area contributed by atoms with Crippen LogP contribution in [0.3, 0.4) is 0 Å². The molecule has 1 aliphatic rings. The standard InChI is InChI=1S/C22H27ClN2O3S/c1-4-21(17-10-9-15-7-5-6-8-16(15)13-17)24-22(26)19-14-18(11-12-20(19)23)25(2)29(3,27)28/h9-14,21H,4-8H2,1-3H3,(H,24,26). The number of hydrogen-bond donors (Lipinski definition) is 1. The summed E-state index contributed by atoms with van der Waals surface area (Å²) in [6.07, 6.45) is 6.50. The van der Waals surface area contributed by atoms with Crippen molar-refractivity contribution in [3.8, 4) is 0 Å². The quantitative estimate of drug-likeness (QED) is 0.728. The molecule has 2 aromatic carbocycles. The second-order valence-electron chi connectivity index (χ2n) is 7.56. The van der Waals surface area contributed by atoms with E-state index in [1.165, 1.54) is 37.1 Å². The average Bonchev–Trinajstić information content (AvgIpc) is 2.70. The summed E-state index contributed by atoms with van der Waals surface area (Å²) in [5, 5.41) is 3.35. The monoisotopic (exact) mass is 434 g/mol. The third-order valence-corrected chi connectivity index (χ3v) is 7.08. The fourth-order valence-corrected chi connectivity index (χ4v) is 4.40. The van der Waals surface area contributed by atoms with Gasteiger partial charge in [-0.05, 0) is 67.0 Å². The Kier molecular flexibility index (Phi) is 6.54. The molecule has 2 aromatic rings. The van der Waals surface area contributed by atoms with Crippen LogP contribution in [0.2, 0.25) is 5.02 Å². The number of sulfonamides is 1. The van der Waals surface area contributed by atoms with Crippen molar-refractivity contribution in [3.63, 3.8) is 0 Å².